The highest BCUT2D eigenvalue weighted by atomic mass is 16.7. The second-order valence-electron chi connectivity index (χ2n) is 16.7. The largest absolute Gasteiger partial charge is 0.469 e. The summed E-state index contributed by atoms with van der Waals surface area (Å²) in [5.41, 5.74) is 2.03. The molecule has 3 aliphatic carbocycles. The third-order valence-corrected chi connectivity index (χ3v) is 13.6. The van der Waals surface area contributed by atoms with Crippen molar-refractivity contribution < 1.29 is 62.1 Å². The van der Waals surface area contributed by atoms with Gasteiger partial charge in [-0.05, 0) is 77.2 Å². The van der Waals surface area contributed by atoms with Crippen molar-refractivity contribution in [3.8, 4) is 0 Å². The molecule has 4 heterocycles. The van der Waals surface area contributed by atoms with Gasteiger partial charge < -0.3 is 57.3 Å². The molecule has 2 saturated carbocycles. The van der Waals surface area contributed by atoms with Crippen molar-refractivity contribution in [3.05, 3.63) is 35.3 Å². The Balaban J connectivity index is 0.942. The Hall–Kier alpha value is -1.75. The van der Waals surface area contributed by atoms with Crippen LogP contribution >= 0.6 is 0 Å². The molecule has 2 N–H and O–H groups in total. The molecule has 13 nitrogen and oxygen atoms in total. The molecule has 54 heavy (non-hydrogen) atoms. The van der Waals surface area contributed by atoms with Crippen LogP contribution in [0.5, 0.6) is 0 Å². The molecule has 3 saturated heterocycles. The monoisotopic (exact) mass is 762 g/mol. The van der Waals surface area contributed by atoms with Gasteiger partial charge in [0, 0.05) is 58.0 Å². The minimum atomic E-state index is -0.730. The molecular formula is C41H62O13. The summed E-state index contributed by atoms with van der Waals surface area (Å²) in [6, 6.07) is 1.94. The number of allylic oxidation sites excluding steroid dienone is 1. The average molecular weight is 763 g/mol. The number of methoxy groups -OCH3 is 3. The van der Waals surface area contributed by atoms with E-state index in [-0.39, 0.29) is 41.5 Å². The van der Waals surface area contributed by atoms with Crippen LogP contribution < -0.4 is 0 Å². The Morgan fingerprint density at radius 1 is 0.778 bits per heavy atom. The van der Waals surface area contributed by atoms with Gasteiger partial charge in [-0.25, -0.2) is 0 Å². The molecule has 5 fully saturated rings. The van der Waals surface area contributed by atoms with Crippen LogP contribution in [0.15, 0.2) is 28.4 Å². The Kier molecular flexibility index (Phi) is 12.4. The van der Waals surface area contributed by atoms with Crippen molar-refractivity contribution in [2.45, 2.75) is 178 Å². The summed E-state index contributed by atoms with van der Waals surface area (Å²) >= 11 is 0. The molecule has 0 amide bonds. The topological polar surface area (TPSA) is 154 Å². The summed E-state index contributed by atoms with van der Waals surface area (Å²) in [6.07, 6.45) is 1.97. The van der Waals surface area contributed by atoms with Crippen LogP contribution in [0, 0.1) is 24.2 Å². The molecule has 0 aromatic carbocycles. The van der Waals surface area contributed by atoms with Crippen molar-refractivity contribution in [2.75, 3.05) is 21.3 Å². The Morgan fingerprint density at radius 2 is 1.35 bits per heavy atom. The minimum absolute atomic E-state index is 0.0551. The van der Waals surface area contributed by atoms with Gasteiger partial charge in [0.05, 0.1) is 55.1 Å². The number of aliphatic hydroxyl groups is 2. The van der Waals surface area contributed by atoms with Gasteiger partial charge in [-0.3, -0.25) is 4.79 Å². The van der Waals surface area contributed by atoms with Gasteiger partial charge in [-0.2, -0.15) is 0 Å². The van der Waals surface area contributed by atoms with E-state index in [1.807, 2.05) is 26.8 Å². The van der Waals surface area contributed by atoms with E-state index >= 15 is 0 Å². The second-order valence-corrected chi connectivity index (χ2v) is 16.7. The van der Waals surface area contributed by atoms with E-state index in [4.69, 9.17) is 47.0 Å². The fourth-order valence-corrected chi connectivity index (χ4v) is 10.6. The van der Waals surface area contributed by atoms with E-state index < -0.39 is 67.7 Å². The molecule has 1 aromatic heterocycles. The first-order valence-corrected chi connectivity index (χ1v) is 20.0. The summed E-state index contributed by atoms with van der Waals surface area (Å²) in [5.74, 6) is 1.15. The summed E-state index contributed by atoms with van der Waals surface area (Å²) in [7, 11) is 4.88. The molecule has 0 radical (unpaired) electrons. The lowest BCUT2D eigenvalue weighted by atomic mass is 9.51. The third kappa shape index (κ3) is 7.77. The number of rotatable bonds is 10. The number of hydrogen-bond acceptors (Lipinski definition) is 13. The van der Waals surface area contributed by atoms with Crippen LogP contribution in [-0.2, 0) is 47.4 Å². The molecular weight excluding hydrogens is 700 g/mol. The third-order valence-electron chi connectivity index (χ3n) is 13.6. The van der Waals surface area contributed by atoms with E-state index in [1.165, 1.54) is 5.57 Å². The molecule has 304 valence electrons. The number of hydrogen-bond donors (Lipinski definition) is 2. The highest BCUT2D eigenvalue weighted by molar-refractivity contribution is 5.89. The van der Waals surface area contributed by atoms with E-state index in [0.717, 1.165) is 30.6 Å². The first kappa shape index (κ1) is 40.4. The number of ether oxygens (including phenoxy) is 9. The first-order valence-electron chi connectivity index (χ1n) is 20.0. The first-order chi connectivity index (χ1) is 25.8. The molecule has 0 spiro atoms. The smallest absolute Gasteiger partial charge is 0.161 e. The Labute approximate surface area is 319 Å². The maximum absolute atomic E-state index is 13.8. The lowest BCUT2D eigenvalue weighted by Crippen LogP contribution is -2.57. The van der Waals surface area contributed by atoms with Gasteiger partial charge in [0.25, 0.3) is 0 Å². The maximum Gasteiger partial charge on any atom is 0.161 e. The van der Waals surface area contributed by atoms with Crippen LogP contribution in [0.2, 0.25) is 0 Å². The number of ketones is 1. The zero-order valence-electron chi connectivity index (χ0n) is 33.1. The molecule has 18 atom stereocenters. The van der Waals surface area contributed by atoms with Crippen LogP contribution in [-0.4, -0.2) is 123 Å². The fraction of sp³-hybridized carbons (Fsp3) is 0.829. The SMILES string of the molecule is COC1CC(OC2C(C)OC(OC3C(C)OC(OC4CC5=CCC6C(=O)C(c7ccoc7C)CCC6C5(C)CC4O)CC3OC)CC2OC)OC(C)C1O. The van der Waals surface area contributed by atoms with Gasteiger partial charge in [-0.15, -0.1) is 0 Å². The lowest BCUT2D eigenvalue weighted by Gasteiger charge is -2.54. The predicted molar refractivity (Wildman–Crippen MR) is 193 cm³/mol. The number of aryl methyl sites for hydroxylation is 1. The van der Waals surface area contributed by atoms with Gasteiger partial charge in [-0.1, -0.05) is 18.6 Å². The highest BCUT2D eigenvalue weighted by Crippen LogP contribution is 2.58. The van der Waals surface area contributed by atoms with Crippen LogP contribution in [0.25, 0.3) is 0 Å². The summed E-state index contributed by atoms with van der Waals surface area (Å²) < 4.78 is 61.0. The maximum atomic E-state index is 13.8. The Bertz CT molecular complexity index is 1460. The van der Waals surface area contributed by atoms with Crippen molar-refractivity contribution in [3.63, 3.8) is 0 Å². The summed E-state index contributed by atoms with van der Waals surface area (Å²) in [4.78, 5) is 13.8. The molecule has 18 unspecified atom stereocenters. The van der Waals surface area contributed by atoms with Crippen LogP contribution in [0.4, 0.5) is 0 Å². The van der Waals surface area contributed by atoms with Gasteiger partial charge in [0.15, 0.2) is 18.9 Å². The molecule has 6 aliphatic rings. The van der Waals surface area contributed by atoms with Crippen molar-refractivity contribution in [1.29, 1.82) is 0 Å². The van der Waals surface area contributed by atoms with Crippen LogP contribution in [0.3, 0.4) is 0 Å². The predicted octanol–water partition coefficient (Wildman–Crippen LogP) is 4.72. The fourth-order valence-electron chi connectivity index (χ4n) is 10.6. The standard InChI is InChI=1S/C41H62O13/c1-20-25(13-14-48-20)26-11-12-28-27(38(26)44)10-9-24-15-30(29(42)19-41(24,28)5)52-34-17-32(46-7)39(22(3)50-34)54-36-18-33(47-8)40(23(4)51-36)53-35-16-31(45-6)37(43)21(2)49-35/h9,13-14,21-23,26-37,39-40,42-43H,10-12,15-19H2,1-8H3. The van der Waals surface area contributed by atoms with E-state index in [1.54, 1.807) is 34.5 Å². The Morgan fingerprint density at radius 3 is 1.93 bits per heavy atom. The number of fused-ring (bicyclic) bond motifs is 3. The van der Waals surface area contributed by atoms with Gasteiger partial charge in [0.1, 0.15) is 29.9 Å². The minimum Gasteiger partial charge on any atom is -0.469 e. The summed E-state index contributed by atoms with van der Waals surface area (Å²) in [5, 5.41) is 22.0. The second kappa shape index (κ2) is 16.6. The van der Waals surface area contributed by atoms with E-state index in [2.05, 4.69) is 13.0 Å². The molecule has 1 aromatic rings. The van der Waals surface area contributed by atoms with Crippen molar-refractivity contribution >= 4 is 5.78 Å². The number of aliphatic hydroxyl groups excluding tert-OH is 2. The lowest BCUT2D eigenvalue weighted by molar-refractivity contribution is -0.339. The van der Waals surface area contributed by atoms with Gasteiger partial charge >= 0.3 is 0 Å². The zero-order chi connectivity index (χ0) is 38.5. The van der Waals surface area contributed by atoms with Crippen molar-refractivity contribution in [1.82, 2.24) is 0 Å². The summed E-state index contributed by atoms with van der Waals surface area (Å²) in [6.45, 7) is 9.83. The number of furan rings is 1. The molecule has 3 aliphatic heterocycles. The van der Waals surface area contributed by atoms with Gasteiger partial charge in [0.2, 0.25) is 0 Å². The highest BCUT2D eigenvalue weighted by Gasteiger charge is 2.55. The van der Waals surface area contributed by atoms with Crippen molar-refractivity contribution in [2.24, 2.45) is 17.3 Å². The number of Topliss-reactive ketones (excluding diaryl/α,β-unsaturated/α-hetero) is 1. The molecule has 13 heteroatoms. The number of carbonyl (C=O) groups is 1. The van der Waals surface area contributed by atoms with E-state index in [9.17, 15) is 15.0 Å². The quantitative estimate of drug-likeness (QED) is 0.317. The molecule has 0 bridgehead atoms. The van der Waals surface area contributed by atoms with E-state index in [0.29, 0.717) is 37.9 Å². The zero-order valence-corrected chi connectivity index (χ0v) is 33.1. The van der Waals surface area contributed by atoms with Crippen LogP contribution in [0.1, 0.15) is 96.3 Å². The number of carbonyl (C=O) groups excluding carboxylic acids is 1. The normalized spacial score (nSPS) is 47.1. The molecule has 7 rings (SSSR count). The average Bonchev–Trinajstić information content (AvgIpc) is 3.57.